The number of anilines is 2. The lowest BCUT2D eigenvalue weighted by Gasteiger charge is -2.16. The monoisotopic (exact) mass is 282 g/mol. The molecule has 96 valence electrons. The van der Waals surface area contributed by atoms with E-state index >= 15 is 0 Å². The normalized spacial score (nSPS) is 12.4. The zero-order valence-corrected chi connectivity index (χ0v) is 11.8. The van der Waals surface area contributed by atoms with Crippen molar-refractivity contribution in [1.29, 1.82) is 0 Å². The van der Waals surface area contributed by atoms with Crippen molar-refractivity contribution in [2.75, 3.05) is 11.1 Å². The number of nitrogens with one attached hydrogen (secondary N) is 1. The smallest absolute Gasteiger partial charge is 0.135 e. The zero-order chi connectivity index (χ0) is 13.1. The van der Waals surface area contributed by atoms with Gasteiger partial charge in [-0.3, -0.25) is 0 Å². The largest absolute Gasteiger partial charge is 0.383 e. The van der Waals surface area contributed by atoms with Gasteiger partial charge in [0.05, 0.1) is 10.4 Å². The number of thiophene rings is 1. The fourth-order valence-corrected chi connectivity index (χ4v) is 2.80. The van der Waals surface area contributed by atoms with E-state index in [9.17, 15) is 0 Å². The number of aromatic nitrogens is 2. The molecular weight excluding hydrogens is 268 g/mol. The molecule has 0 fully saturated rings. The Morgan fingerprint density at radius 2 is 2.22 bits per heavy atom. The molecule has 0 saturated carbocycles. The van der Waals surface area contributed by atoms with Crippen LogP contribution in [0.5, 0.6) is 0 Å². The van der Waals surface area contributed by atoms with Crippen LogP contribution in [-0.4, -0.2) is 9.97 Å². The van der Waals surface area contributed by atoms with Crippen LogP contribution in [-0.2, 0) is 6.42 Å². The van der Waals surface area contributed by atoms with E-state index in [0.29, 0.717) is 5.82 Å². The Hall–Kier alpha value is -1.33. The average Bonchev–Trinajstić information content (AvgIpc) is 2.76. The number of nitrogens with two attached hydrogens (primary N) is 1. The molecule has 1 atom stereocenters. The Kier molecular flexibility index (Phi) is 4.04. The van der Waals surface area contributed by atoms with Gasteiger partial charge in [-0.25, -0.2) is 9.97 Å². The van der Waals surface area contributed by atoms with Gasteiger partial charge in [0.1, 0.15) is 18.0 Å². The van der Waals surface area contributed by atoms with Gasteiger partial charge in [0, 0.05) is 10.4 Å². The molecule has 1 unspecified atom stereocenters. The molecule has 2 aromatic rings. The Morgan fingerprint density at radius 3 is 2.83 bits per heavy atom. The third-order valence-corrected chi connectivity index (χ3v) is 4.12. The molecule has 0 radical (unpaired) electrons. The Bertz CT molecular complexity index is 541. The number of nitrogens with zero attached hydrogens (tertiary/aromatic N) is 2. The second-order valence-corrected chi connectivity index (χ2v) is 5.69. The van der Waals surface area contributed by atoms with Gasteiger partial charge in [-0.1, -0.05) is 18.5 Å². The standard InChI is InChI=1S/C12H15ClN4S/c1-3-8-11(14)15-6-16-12(8)17-7(2)9-4-5-10(13)18-9/h4-7H,3H2,1-2H3,(H3,14,15,16,17). The first-order valence-corrected chi connectivity index (χ1v) is 6.92. The predicted octanol–water partition coefficient (Wildman–Crippen LogP) is 3.51. The summed E-state index contributed by atoms with van der Waals surface area (Å²) in [4.78, 5) is 9.42. The summed E-state index contributed by atoms with van der Waals surface area (Å²) < 4.78 is 0.788. The van der Waals surface area contributed by atoms with Crippen molar-refractivity contribution >= 4 is 34.6 Å². The van der Waals surface area contributed by atoms with Gasteiger partial charge in [-0.15, -0.1) is 11.3 Å². The fraction of sp³-hybridized carbons (Fsp3) is 0.333. The maximum atomic E-state index is 5.94. The van der Waals surface area contributed by atoms with Crippen LogP contribution in [0.25, 0.3) is 0 Å². The molecule has 2 aromatic heterocycles. The number of rotatable bonds is 4. The van der Waals surface area contributed by atoms with Gasteiger partial charge in [0.15, 0.2) is 0 Å². The zero-order valence-electron chi connectivity index (χ0n) is 10.3. The first-order chi connectivity index (χ1) is 8.61. The molecule has 2 heterocycles. The summed E-state index contributed by atoms with van der Waals surface area (Å²) in [5.74, 6) is 1.33. The highest BCUT2D eigenvalue weighted by atomic mass is 35.5. The first-order valence-electron chi connectivity index (χ1n) is 5.73. The molecule has 0 aliphatic heterocycles. The quantitative estimate of drug-likeness (QED) is 0.901. The van der Waals surface area contributed by atoms with Gasteiger partial charge in [0.2, 0.25) is 0 Å². The van der Waals surface area contributed by atoms with Gasteiger partial charge in [-0.05, 0) is 25.5 Å². The van der Waals surface area contributed by atoms with E-state index in [1.165, 1.54) is 11.2 Å². The Morgan fingerprint density at radius 1 is 1.44 bits per heavy atom. The number of halogens is 1. The molecule has 0 aliphatic rings. The van der Waals surface area contributed by atoms with E-state index in [4.69, 9.17) is 17.3 Å². The van der Waals surface area contributed by atoms with Crippen molar-refractivity contribution in [2.24, 2.45) is 0 Å². The number of hydrogen-bond donors (Lipinski definition) is 2. The summed E-state index contributed by atoms with van der Waals surface area (Å²) >= 11 is 7.50. The molecule has 3 N–H and O–H groups in total. The molecule has 6 heteroatoms. The number of hydrogen-bond acceptors (Lipinski definition) is 5. The molecule has 0 saturated heterocycles. The van der Waals surface area contributed by atoms with Gasteiger partial charge >= 0.3 is 0 Å². The number of nitrogen functional groups attached to an aromatic ring is 1. The van der Waals surface area contributed by atoms with Crippen molar-refractivity contribution < 1.29 is 0 Å². The van der Waals surface area contributed by atoms with E-state index in [1.54, 1.807) is 11.3 Å². The van der Waals surface area contributed by atoms with Gasteiger partial charge in [-0.2, -0.15) is 0 Å². The van der Waals surface area contributed by atoms with Crippen LogP contribution in [0.3, 0.4) is 0 Å². The minimum absolute atomic E-state index is 0.141. The lowest BCUT2D eigenvalue weighted by molar-refractivity contribution is 0.883. The van der Waals surface area contributed by atoms with E-state index in [1.807, 2.05) is 19.1 Å². The van der Waals surface area contributed by atoms with Crippen LogP contribution in [0.4, 0.5) is 11.6 Å². The lowest BCUT2D eigenvalue weighted by atomic mass is 10.2. The fourth-order valence-electron chi connectivity index (χ4n) is 1.74. The van der Waals surface area contributed by atoms with Crippen LogP contribution in [0.1, 0.15) is 30.3 Å². The highest BCUT2D eigenvalue weighted by molar-refractivity contribution is 7.16. The third-order valence-electron chi connectivity index (χ3n) is 2.71. The van der Waals surface area contributed by atoms with Crippen molar-refractivity contribution in [3.63, 3.8) is 0 Å². The Balaban J connectivity index is 2.21. The molecule has 0 spiro atoms. The molecule has 18 heavy (non-hydrogen) atoms. The van der Waals surface area contributed by atoms with Crippen molar-refractivity contribution in [1.82, 2.24) is 9.97 Å². The van der Waals surface area contributed by atoms with E-state index in [0.717, 1.165) is 22.1 Å². The molecule has 0 aliphatic carbocycles. The van der Waals surface area contributed by atoms with Gasteiger partial charge in [0.25, 0.3) is 0 Å². The molecular formula is C12H15ClN4S. The van der Waals surface area contributed by atoms with Crippen molar-refractivity contribution in [3.05, 3.63) is 33.2 Å². The molecule has 4 nitrogen and oxygen atoms in total. The van der Waals surface area contributed by atoms with Crippen LogP contribution >= 0.6 is 22.9 Å². The first kappa shape index (κ1) is 13.1. The molecule has 2 rings (SSSR count). The SMILES string of the molecule is CCc1c(N)ncnc1NC(C)c1ccc(Cl)s1. The third kappa shape index (κ3) is 2.73. The van der Waals surface area contributed by atoms with Crippen LogP contribution in [0.15, 0.2) is 18.5 Å². The van der Waals surface area contributed by atoms with Crippen molar-refractivity contribution in [3.8, 4) is 0 Å². The summed E-state index contributed by atoms with van der Waals surface area (Å²) in [5.41, 5.74) is 6.79. The second-order valence-electron chi connectivity index (χ2n) is 3.95. The van der Waals surface area contributed by atoms with Gasteiger partial charge < -0.3 is 11.1 Å². The summed E-state index contributed by atoms with van der Waals surface area (Å²) in [6.07, 6.45) is 2.28. The summed E-state index contributed by atoms with van der Waals surface area (Å²) in [5, 5.41) is 3.35. The van der Waals surface area contributed by atoms with Crippen LogP contribution in [0.2, 0.25) is 4.34 Å². The summed E-state index contributed by atoms with van der Waals surface area (Å²) in [6.45, 7) is 4.10. The van der Waals surface area contributed by atoms with E-state index in [2.05, 4.69) is 22.2 Å². The summed E-state index contributed by atoms with van der Waals surface area (Å²) in [6, 6.07) is 4.05. The highest BCUT2D eigenvalue weighted by Crippen LogP contribution is 2.29. The average molecular weight is 283 g/mol. The van der Waals surface area contributed by atoms with Crippen LogP contribution < -0.4 is 11.1 Å². The highest BCUT2D eigenvalue weighted by Gasteiger charge is 2.12. The maximum absolute atomic E-state index is 5.94. The molecule has 0 amide bonds. The minimum atomic E-state index is 0.141. The second kappa shape index (κ2) is 5.54. The molecule has 0 aromatic carbocycles. The van der Waals surface area contributed by atoms with E-state index < -0.39 is 0 Å². The van der Waals surface area contributed by atoms with Crippen molar-refractivity contribution in [2.45, 2.75) is 26.3 Å². The predicted molar refractivity (Wildman–Crippen MR) is 77.2 cm³/mol. The minimum Gasteiger partial charge on any atom is -0.383 e. The summed E-state index contributed by atoms with van der Waals surface area (Å²) in [7, 11) is 0. The van der Waals surface area contributed by atoms with E-state index in [-0.39, 0.29) is 6.04 Å². The maximum Gasteiger partial charge on any atom is 0.135 e. The topological polar surface area (TPSA) is 63.8 Å². The van der Waals surface area contributed by atoms with Crippen LogP contribution in [0, 0.1) is 0 Å². The lowest BCUT2D eigenvalue weighted by Crippen LogP contribution is -2.10. The molecule has 0 bridgehead atoms. The Labute approximate surface area is 115 Å².